The van der Waals surface area contributed by atoms with Crippen LogP contribution in [0, 0.1) is 11.3 Å². The number of amides is 1. The van der Waals surface area contributed by atoms with Crippen LogP contribution in [-0.4, -0.2) is 43.2 Å². The fraction of sp³-hybridized carbons (Fsp3) is 0.300. The van der Waals surface area contributed by atoms with Gasteiger partial charge in [-0.15, -0.1) is 0 Å². The maximum Gasteiger partial charge on any atom is 0.241 e. The van der Waals surface area contributed by atoms with Gasteiger partial charge in [-0.2, -0.15) is 5.26 Å². The summed E-state index contributed by atoms with van der Waals surface area (Å²) in [4.78, 5) is 14.4. The van der Waals surface area contributed by atoms with Gasteiger partial charge in [-0.3, -0.25) is 9.69 Å². The van der Waals surface area contributed by atoms with E-state index in [4.69, 9.17) is 14.7 Å². The molecule has 0 aromatic heterocycles. The van der Waals surface area contributed by atoms with Crippen molar-refractivity contribution in [3.8, 4) is 17.6 Å². The van der Waals surface area contributed by atoms with Crippen LogP contribution in [0.1, 0.15) is 12.5 Å². The van der Waals surface area contributed by atoms with E-state index in [1.54, 1.807) is 24.3 Å². The summed E-state index contributed by atoms with van der Waals surface area (Å²) >= 11 is 0. The number of ether oxygens (including phenoxy) is 2. The van der Waals surface area contributed by atoms with Gasteiger partial charge in [-0.05, 0) is 38.2 Å². The van der Waals surface area contributed by atoms with E-state index < -0.39 is 0 Å². The summed E-state index contributed by atoms with van der Waals surface area (Å²) < 4.78 is 11.7. The fourth-order valence-electron chi connectivity index (χ4n) is 2.76. The first-order valence-corrected chi connectivity index (χ1v) is 8.47. The summed E-state index contributed by atoms with van der Waals surface area (Å²) in [6.45, 7) is 2.80. The highest BCUT2D eigenvalue weighted by molar-refractivity contribution is 5.95. The molecule has 6 heteroatoms. The molecule has 26 heavy (non-hydrogen) atoms. The number of carbonyl (C=O) groups excluding carboxylic acids is 1. The summed E-state index contributed by atoms with van der Waals surface area (Å²) in [5.74, 6) is 1.29. The lowest BCUT2D eigenvalue weighted by molar-refractivity contribution is -0.120. The Bertz CT molecular complexity index is 831. The molecule has 0 saturated heterocycles. The minimum atomic E-state index is -0.387. The van der Waals surface area contributed by atoms with Crippen molar-refractivity contribution < 1.29 is 14.3 Å². The monoisotopic (exact) mass is 351 g/mol. The van der Waals surface area contributed by atoms with E-state index in [9.17, 15) is 4.79 Å². The zero-order valence-corrected chi connectivity index (χ0v) is 14.8. The molecular weight excluding hydrogens is 330 g/mol. The molecule has 3 rings (SSSR count). The van der Waals surface area contributed by atoms with Crippen LogP contribution in [0.4, 0.5) is 5.69 Å². The summed E-state index contributed by atoms with van der Waals surface area (Å²) in [5.41, 5.74) is 0.961. The van der Waals surface area contributed by atoms with Gasteiger partial charge < -0.3 is 14.8 Å². The number of nitrogens with zero attached hydrogens (tertiary/aromatic N) is 2. The average molecular weight is 351 g/mol. The van der Waals surface area contributed by atoms with Crippen LogP contribution < -0.4 is 14.8 Å². The Balaban J connectivity index is 1.58. The first-order valence-electron chi connectivity index (χ1n) is 8.47. The summed E-state index contributed by atoms with van der Waals surface area (Å²) in [6.07, 6.45) is -0.156. The van der Waals surface area contributed by atoms with E-state index in [2.05, 4.69) is 11.4 Å². The number of nitrogens with one attached hydrogen (secondary N) is 1. The number of fused-ring (bicyclic) bond motifs is 1. The summed E-state index contributed by atoms with van der Waals surface area (Å²) in [7, 11) is 1.87. The number of nitriles is 1. The minimum Gasteiger partial charge on any atom is -0.486 e. The molecule has 6 nitrogen and oxygen atoms in total. The second kappa shape index (κ2) is 7.89. The third kappa shape index (κ3) is 3.95. The zero-order chi connectivity index (χ0) is 18.5. The molecule has 134 valence electrons. The molecule has 2 aromatic rings. The van der Waals surface area contributed by atoms with Gasteiger partial charge in [-0.25, -0.2) is 0 Å². The second-order valence-corrected chi connectivity index (χ2v) is 6.26. The molecule has 1 heterocycles. The third-order valence-corrected chi connectivity index (χ3v) is 4.41. The van der Waals surface area contributed by atoms with Gasteiger partial charge in [0.25, 0.3) is 0 Å². The average Bonchev–Trinajstić information content (AvgIpc) is 2.67. The van der Waals surface area contributed by atoms with Crippen LogP contribution in [-0.2, 0) is 4.79 Å². The Kier molecular flexibility index (Phi) is 5.40. The maximum atomic E-state index is 12.5. The van der Waals surface area contributed by atoms with Gasteiger partial charge in [0.15, 0.2) is 11.5 Å². The minimum absolute atomic E-state index is 0.156. The van der Waals surface area contributed by atoms with Crippen molar-refractivity contribution in [1.29, 1.82) is 5.26 Å². The lowest BCUT2D eigenvalue weighted by Gasteiger charge is -2.31. The molecule has 2 aromatic carbocycles. The lowest BCUT2D eigenvalue weighted by atomic mass is 10.1. The SMILES string of the molecule is C[C@H](C(=O)Nc1ccccc1C#N)N(C)C[C@@H]1COc2ccccc2O1. The standard InChI is InChI=1S/C20H21N3O3/c1-14(20(24)22-17-8-4-3-7-15(17)11-21)23(2)12-16-13-25-18-9-5-6-10-19(18)26-16/h3-10,14,16H,12-13H2,1-2H3,(H,22,24)/t14-,16-/m1/s1. The quantitative estimate of drug-likeness (QED) is 0.896. The topological polar surface area (TPSA) is 74.6 Å². The van der Waals surface area contributed by atoms with Crippen LogP contribution >= 0.6 is 0 Å². The number of carbonyl (C=O) groups is 1. The van der Waals surface area contributed by atoms with Crippen LogP contribution in [0.25, 0.3) is 0 Å². The molecule has 0 aliphatic carbocycles. The molecule has 0 bridgehead atoms. The summed E-state index contributed by atoms with van der Waals surface area (Å²) in [5, 5.41) is 12.0. The highest BCUT2D eigenvalue weighted by Crippen LogP contribution is 2.31. The van der Waals surface area contributed by atoms with Crippen molar-refractivity contribution in [2.45, 2.75) is 19.1 Å². The van der Waals surface area contributed by atoms with E-state index in [-0.39, 0.29) is 18.1 Å². The number of hydrogen-bond acceptors (Lipinski definition) is 5. The van der Waals surface area contributed by atoms with Gasteiger partial charge in [0.2, 0.25) is 5.91 Å². The Morgan fingerprint density at radius 2 is 1.96 bits per heavy atom. The molecule has 1 aliphatic rings. The van der Waals surface area contributed by atoms with Crippen molar-refractivity contribution in [2.75, 3.05) is 25.5 Å². The predicted octanol–water partition coefficient (Wildman–Crippen LogP) is 2.66. The number of likely N-dealkylation sites (N-methyl/N-ethyl adjacent to an activating group) is 1. The van der Waals surface area contributed by atoms with Gasteiger partial charge in [0.1, 0.15) is 18.8 Å². The van der Waals surface area contributed by atoms with Gasteiger partial charge in [0, 0.05) is 6.54 Å². The van der Waals surface area contributed by atoms with Crippen molar-refractivity contribution in [2.24, 2.45) is 0 Å². The Hall–Kier alpha value is -3.04. The van der Waals surface area contributed by atoms with E-state index in [1.165, 1.54) is 0 Å². The molecule has 0 fully saturated rings. The molecule has 2 atom stereocenters. The van der Waals surface area contributed by atoms with Gasteiger partial charge in [0.05, 0.1) is 17.3 Å². The fourth-order valence-corrected chi connectivity index (χ4v) is 2.76. The van der Waals surface area contributed by atoms with Crippen molar-refractivity contribution in [3.63, 3.8) is 0 Å². The number of anilines is 1. The Morgan fingerprint density at radius 3 is 2.73 bits per heavy atom. The molecule has 0 spiro atoms. The van der Waals surface area contributed by atoms with Crippen LogP contribution in [0.5, 0.6) is 11.5 Å². The zero-order valence-electron chi connectivity index (χ0n) is 14.8. The van der Waals surface area contributed by atoms with E-state index in [1.807, 2.05) is 43.1 Å². The molecule has 0 radical (unpaired) electrons. The highest BCUT2D eigenvalue weighted by Gasteiger charge is 2.26. The predicted molar refractivity (Wildman–Crippen MR) is 98.2 cm³/mol. The van der Waals surface area contributed by atoms with E-state index >= 15 is 0 Å². The molecule has 1 N–H and O–H groups in total. The molecular formula is C20H21N3O3. The number of hydrogen-bond donors (Lipinski definition) is 1. The van der Waals surface area contributed by atoms with Crippen molar-refractivity contribution >= 4 is 11.6 Å². The van der Waals surface area contributed by atoms with Crippen LogP contribution in [0.2, 0.25) is 0 Å². The van der Waals surface area contributed by atoms with Gasteiger partial charge >= 0.3 is 0 Å². The molecule has 1 amide bonds. The van der Waals surface area contributed by atoms with E-state index in [0.717, 1.165) is 11.5 Å². The summed E-state index contributed by atoms with van der Waals surface area (Å²) in [6, 6.07) is 16.2. The van der Waals surface area contributed by atoms with Gasteiger partial charge in [-0.1, -0.05) is 24.3 Å². The van der Waals surface area contributed by atoms with Crippen molar-refractivity contribution in [3.05, 3.63) is 54.1 Å². The molecule has 0 saturated carbocycles. The largest absolute Gasteiger partial charge is 0.486 e. The normalized spacial score (nSPS) is 16.6. The number of rotatable bonds is 5. The highest BCUT2D eigenvalue weighted by atomic mass is 16.6. The van der Waals surface area contributed by atoms with Crippen molar-refractivity contribution in [1.82, 2.24) is 4.90 Å². The number of benzene rings is 2. The van der Waals surface area contributed by atoms with E-state index in [0.29, 0.717) is 24.4 Å². The van der Waals surface area contributed by atoms with Crippen LogP contribution in [0.3, 0.4) is 0 Å². The lowest BCUT2D eigenvalue weighted by Crippen LogP contribution is -2.46. The first-order chi connectivity index (χ1) is 12.6. The van der Waals surface area contributed by atoms with Crippen LogP contribution in [0.15, 0.2) is 48.5 Å². The Morgan fingerprint density at radius 1 is 1.27 bits per heavy atom. The smallest absolute Gasteiger partial charge is 0.241 e. The Labute approximate surface area is 152 Å². The maximum absolute atomic E-state index is 12.5. The third-order valence-electron chi connectivity index (χ3n) is 4.41. The first kappa shape index (κ1) is 17.8. The second-order valence-electron chi connectivity index (χ2n) is 6.26. The molecule has 0 unspecified atom stereocenters. The molecule has 1 aliphatic heterocycles. The number of para-hydroxylation sites is 3.